The fourth-order valence-electron chi connectivity index (χ4n) is 3.87. The monoisotopic (exact) mass is 394 g/mol. The SMILES string of the molecule is C#C.C#C.N#Cc1ccc(N2CC3C([C@@H]4CC[C@H]3O4)S2=O)cc1C(F)(F)F. The maximum atomic E-state index is 13.1. The molecule has 0 radical (unpaired) electrons. The zero-order chi connectivity index (χ0) is 20.4. The standard InChI is InChI=1S/C15H13F3N2O2S.2C2H2/c16-15(17,18)11-5-9(2-1-8(11)6-19)20-7-10-12-3-4-13(22-12)14(10)23(20)21;2*1-2/h1-2,5,10,12-14H,3-4,7H2;2*1-2H/t10?,12-,13+,14?,23?;;/m1../s1. The Labute approximate surface area is 158 Å². The second-order valence-corrected chi connectivity index (χ2v) is 7.63. The van der Waals surface area contributed by atoms with Crippen molar-refractivity contribution in [1.82, 2.24) is 0 Å². The molecule has 8 heteroatoms. The molecular formula is C19H17F3N2O2S. The molecule has 0 N–H and O–H groups in total. The van der Waals surface area contributed by atoms with E-state index in [2.05, 4.69) is 25.7 Å². The number of nitriles is 1. The molecule has 4 rings (SSSR count). The molecule has 0 saturated carbocycles. The Kier molecular flexibility index (Phi) is 6.21. The lowest BCUT2D eigenvalue weighted by atomic mass is 9.89. The third kappa shape index (κ3) is 3.54. The van der Waals surface area contributed by atoms with Crippen molar-refractivity contribution in [3.63, 3.8) is 0 Å². The minimum atomic E-state index is -4.61. The number of nitrogens with zero attached hydrogens (tertiary/aromatic N) is 2. The van der Waals surface area contributed by atoms with Gasteiger partial charge in [0.15, 0.2) is 0 Å². The molecule has 142 valence electrons. The van der Waals surface area contributed by atoms with Crippen LogP contribution in [-0.2, 0) is 21.9 Å². The first kappa shape index (κ1) is 20.8. The van der Waals surface area contributed by atoms with Gasteiger partial charge in [-0.1, -0.05) is 0 Å². The van der Waals surface area contributed by atoms with Gasteiger partial charge in [-0.15, -0.1) is 25.7 Å². The van der Waals surface area contributed by atoms with Gasteiger partial charge >= 0.3 is 6.18 Å². The van der Waals surface area contributed by atoms with Crippen LogP contribution < -0.4 is 4.31 Å². The van der Waals surface area contributed by atoms with Crippen molar-refractivity contribution in [1.29, 1.82) is 5.26 Å². The molecule has 3 fully saturated rings. The Morgan fingerprint density at radius 3 is 2.37 bits per heavy atom. The van der Waals surface area contributed by atoms with E-state index in [9.17, 15) is 17.4 Å². The zero-order valence-electron chi connectivity index (χ0n) is 14.2. The van der Waals surface area contributed by atoms with Crippen LogP contribution in [0.5, 0.6) is 0 Å². The Bertz CT molecular complexity index is 807. The number of ether oxygens (including phenoxy) is 1. The second-order valence-electron chi connectivity index (χ2n) is 6.10. The second kappa shape index (κ2) is 8.05. The number of hydrogen-bond donors (Lipinski definition) is 0. The van der Waals surface area contributed by atoms with Gasteiger partial charge in [0.05, 0.1) is 34.7 Å². The summed E-state index contributed by atoms with van der Waals surface area (Å²) in [4.78, 5) is 0. The van der Waals surface area contributed by atoms with Gasteiger partial charge in [0.2, 0.25) is 0 Å². The van der Waals surface area contributed by atoms with E-state index in [1.54, 1.807) is 6.07 Å². The highest BCUT2D eigenvalue weighted by molar-refractivity contribution is 7.87. The summed E-state index contributed by atoms with van der Waals surface area (Å²) < 4.78 is 59.3. The first-order valence-electron chi connectivity index (χ1n) is 8.02. The molecule has 27 heavy (non-hydrogen) atoms. The molecular weight excluding hydrogens is 377 g/mol. The van der Waals surface area contributed by atoms with E-state index in [-0.39, 0.29) is 29.1 Å². The predicted octanol–water partition coefficient (Wildman–Crippen LogP) is 3.11. The molecule has 3 aliphatic heterocycles. The number of terminal acetylenes is 2. The average Bonchev–Trinajstić information content (AvgIpc) is 3.37. The van der Waals surface area contributed by atoms with E-state index in [1.165, 1.54) is 10.4 Å². The molecule has 0 amide bonds. The van der Waals surface area contributed by atoms with Crippen molar-refractivity contribution in [3.05, 3.63) is 29.3 Å². The van der Waals surface area contributed by atoms with Crippen LogP contribution in [0.25, 0.3) is 0 Å². The Hall–Kier alpha value is -2.47. The molecule has 5 atom stereocenters. The summed E-state index contributed by atoms with van der Waals surface area (Å²) in [5.41, 5.74) is -1.15. The summed E-state index contributed by atoms with van der Waals surface area (Å²) in [5, 5.41) is 8.73. The third-order valence-corrected chi connectivity index (χ3v) is 6.81. The molecule has 3 aliphatic rings. The number of fused-ring (bicyclic) bond motifs is 5. The molecule has 3 heterocycles. The van der Waals surface area contributed by atoms with Crippen molar-refractivity contribution in [2.45, 2.75) is 36.5 Å². The van der Waals surface area contributed by atoms with Gasteiger partial charge in [-0.05, 0) is 31.0 Å². The Balaban J connectivity index is 0.000000614. The number of hydrogen-bond acceptors (Lipinski definition) is 3. The number of anilines is 1. The van der Waals surface area contributed by atoms with Crippen LogP contribution in [0.1, 0.15) is 24.0 Å². The third-order valence-electron chi connectivity index (χ3n) is 4.89. The molecule has 1 aromatic rings. The largest absolute Gasteiger partial charge is 0.417 e. The summed E-state index contributed by atoms with van der Waals surface area (Å²) in [7, 11) is -1.40. The van der Waals surface area contributed by atoms with Crippen LogP contribution in [0.15, 0.2) is 18.2 Å². The molecule has 4 nitrogen and oxygen atoms in total. The van der Waals surface area contributed by atoms with Crippen molar-refractivity contribution in [2.75, 3.05) is 10.8 Å². The minimum Gasteiger partial charge on any atom is -0.373 e. The Morgan fingerprint density at radius 2 is 1.81 bits per heavy atom. The van der Waals surface area contributed by atoms with E-state index in [4.69, 9.17) is 10.00 Å². The molecule has 3 unspecified atom stereocenters. The van der Waals surface area contributed by atoms with Crippen LogP contribution in [-0.4, -0.2) is 28.2 Å². The van der Waals surface area contributed by atoms with Gasteiger partial charge in [0.1, 0.15) is 11.0 Å². The summed E-state index contributed by atoms with van der Waals surface area (Å²) in [6.45, 7) is 0.432. The van der Waals surface area contributed by atoms with Gasteiger partial charge in [0.25, 0.3) is 0 Å². The summed E-state index contributed by atoms with van der Waals surface area (Å²) >= 11 is 0. The summed E-state index contributed by atoms with van der Waals surface area (Å²) in [5.74, 6) is 0.111. The van der Waals surface area contributed by atoms with E-state index in [0.717, 1.165) is 25.0 Å². The van der Waals surface area contributed by atoms with E-state index >= 15 is 0 Å². The van der Waals surface area contributed by atoms with Gasteiger partial charge < -0.3 is 4.74 Å². The van der Waals surface area contributed by atoms with Crippen molar-refractivity contribution >= 4 is 16.7 Å². The van der Waals surface area contributed by atoms with Gasteiger partial charge in [-0.2, -0.15) is 18.4 Å². The van der Waals surface area contributed by atoms with Crippen LogP contribution in [0.3, 0.4) is 0 Å². The number of rotatable bonds is 1. The quantitative estimate of drug-likeness (QED) is 0.688. The van der Waals surface area contributed by atoms with Crippen LogP contribution in [0, 0.1) is 42.9 Å². The fourth-order valence-corrected chi connectivity index (χ4v) is 5.83. The number of halogens is 3. The molecule has 0 aliphatic carbocycles. The van der Waals surface area contributed by atoms with Gasteiger partial charge in [-0.3, -0.25) is 4.31 Å². The normalized spacial score (nSPS) is 30.3. The minimum absolute atomic E-state index is 0.0451. The molecule has 0 spiro atoms. The van der Waals surface area contributed by atoms with E-state index < -0.39 is 28.3 Å². The van der Waals surface area contributed by atoms with Crippen molar-refractivity contribution < 1.29 is 22.1 Å². The van der Waals surface area contributed by atoms with Crippen LogP contribution in [0.4, 0.5) is 18.9 Å². The lowest BCUT2D eigenvalue weighted by Crippen LogP contribution is -2.31. The molecule has 2 bridgehead atoms. The number of alkyl halides is 3. The summed E-state index contributed by atoms with van der Waals surface area (Å²) in [6.07, 6.45) is 13.2. The van der Waals surface area contributed by atoms with Crippen LogP contribution in [0.2, 0.25) is 0 Å². The van der Waals surface area contributed by atoms with Crippen LogP contribution >= 0.6 is 0 Å². The van der Waals surface area contributed by atoms with Gasteiger partial charge in [-0.25, -0.2) is 4.21 Å². The first-order chi connectivity index (χ1) is 12.9. The highest BCUT2D eigenvalue weighted by atomic mass is 32.2. The van der Waals surface area contributed by atoms with Gasteiger partial charge in [0, 0.05) is 18.2 Å². The lowest BCUT2D eigenvalue weighted by molar-refractivity contribution is -0.137. The zero-order valence-corrected chi connectivity index (χ0v) is 15.0. The maximum absolute atomic E-state index is 13.1. The topological polar surface area (TPSA) is 53.3 Å². The first-order valence-corrected chi connectivity index (χ1v) is 9.19. The average molecular weight is 394 g/mol. The lowest BCUT2D eigenvalue weighted by Gasteiger charge is -2.21. The van der Waals surface area contributed by atoms with Crippen molar-refractivity contribution in [3.8, 4) is 31.8 Å². The highest BCUT2D eigenvalue weighted by Crippen LogP contribution is 2.47. The fraction of sp³-hybridized carbons (Fsp3) is 0.421. The highest BCUT2D eigenvalue weighted by Gasteiger charge is 2.57. The molecule has 3 saturated heterocycles. The number of benzene rings is 1. The summed E-state index contributed by atoms with van der Waals surface area (Å²) in [6, 6.07) is 5.08. The Morgan fingerprint density at radius 1 is 1.19 bits per heavy atom. The van der Waals surface area contributed by atoms with E-state index in [1.807, 2.05) is 0 Å². The van der Waals surface area contributed by atoms with Crippen molar-refractivity contribution in [2.24, 2.45) is 5.92 Å². The molecule has 0 aromatic heterocycles. The van der Waals surface area contributed by atoms with E-state index in [0.29, 0.717) is 6.54 Å². The maximum Gasteiger partial charge on any atom is 0.417 e. The molecule has 1 aromatic carbocycles. The smallest absolute Gasteiger partial charge is 0.373 e. The predicted molar refractivity (Wildman–Crippen MR) is 96.6 cm³/mol.